The largest absolute Gasteiger partial charge is 0.377 e. The molecule has 1 heterocycles. The van der Waals surface area contributed by atoms with Crippen LogP contribution >= 0.6 is 0 Å². The number of nitrogens with one attached hydrogen (secondary N) is 1. The van der Waals surface area contributed by atoms with Gasteiger partial charge in [-0.15, -0.1) is 5.10 Å². The number of hydrogen-bond donors (Lipinski definition) is 1. The van der Waals surface area contributed by atoms with Gasteiger partial charge in [-0.1, -0.05) is 6.92 Å². The summed E-state index contributed by atoms with van der Waals surface area (Å²) in [5.74, 6) is 0.835. The van der Waals surface area contributed by atoms with Crippen LogP contribution in [-0.4, -0.2) is 39.5 Å². The van der Waals surface area contributed by atoms with Crippen molar-refractivity contribution in [3.8, 4) is 0 Å². The summed E-state index contributed by atoms with van der Waals surface area (Å²) in [7, 11) is 1.69. The second kappa shape index (κ2) is 5.18. The zero-order valence-electron chi connectivity index (χ0n) is 9.82. The molecule has 0 radical (unpaired) electrons. The Morgan fingerprint density at radius 2 is 2.20 bits per heavy atom. The number of methoxy groups -OCH3 is 1. The molecule has 0 aliphatic carbocycles. The average molecular weight is 213 g/mol. The van der Waals surface area contributed by atoms with Gasteiger partial charge in [0, 0.05) is 7.11 Å². The molecule has 86 valence electrons. The van der Waals surface area contributed by atoms with Crippen LogP contribution in [0.2, 0.25) is 0 Å². The number of nitrogens with zero attached hydrogens (tertiary/aromatic N) is 4. The Labute approximate surface area is 90.0 Å². The molecule has 0 aliphatic heterocycles. The lowest BCUT2D eigenvalue weighted by Gasteiger charge is -2.22. The predicted octanol–water partition coefficient (Wildman–Crippen LogP) is 0.208. The third-order valence-electron chi connectivity index (χ3n) is 2.22. The summed E-state index contributed by atoms with van der Waals surface area (Å²) >= 11 is 0. The Morgan fingerprint density at radius 3 is 2.80 bits per heavy atom. The summed E-state index contributed by atoms with van der Waals surface area (Å²) < 4.78 is 7.10. The quantitative estimate of drug-likeness (QED) is 0.731. The molecule has 0 fully saturated rings. The molecule has 1 rings (SSSR count). The molecule has 0 unspecified atom stereocenters. The summed E-state index contributed by atoms with van der Waals surface area (Å²) in [6, 6.07) is 0. The van der Waals surface area contributed by atoms with Crippen molar-refractivity contribution in [1.82, 2.24) is 25.5 Å². The molecule has 0 atom stereocenters. The van der Waals surface area contributed by atoms with Crippen LogP contribution in [0.15, 0.2) is 0 Å². The van der Waals surface area contributed by atoms with Gasteiger partial charge in [0.05, 0.1) is 18.7 Å². The van der Waals surface area contributed by atoms with Gasteiger partial charge in [0.2, 0.25) is 0 Å². The van der Waals surface area contributed by atoms with Crippen LogP contribution in [0, 0.1) is 0 Å². The van der Waals surface area contributed by atoms with Gasteiger partial charge in [-0.05, 0) is 30.8 Å². The lowest BCUT2D eigenvalue weighted by Crippen LogP contribution is -2.31. The van der Waals surface area contributed by atoms with Crippen LogP contribution in [0.1, 0.15) is 26.6 Å². The van der Waals surface area contributed by atoms with E-state index in [0.29, 0.717) is 13.1 Å². The van der Waals surface area contributed by atoms with E-state index in [4.69, 9.17) is 4.74 Å². The molecule has 6 heteroatoms. The van der Waals surface area contributed by atoms with Crippen LogP contribution < -0.4 is 5.32 Å². The molecular formula is C9H19N5O. The minimum Gasteiger partial charge on any atom is -0.377 e. The summed E-state index contributed by atoms with van der Waals surface area (Å²) in [5.41, 5.74) is -0.254. The van der Waals surface area contributed by atoms with Crippen molar-refractivity contribution in [3.05, 3.63) is 5.82 Å². The first-order valence-electron chi connectivity index (χ1n) is 5.10. The van der Waals surface area contributed by atoms with E-state index in [1.807, 2.05) is 20.8 Å². The van der Waals surface area contributed by atoms with Gasteiger partial charge in [0.1, 0.15) is 0 Å². The molecule has 1 aromatic rings. The monoisotopic (exact) mass is 213 g/mol. The normalized spacial score (nSPS) is 12.0. The van der Waals surface area contributed by atoms with Gasteiger partial charge in [-0.25, -0.2) is 4.68 Å². The molecule has 0 saturated heterocycles. The van der Waals surface area contributed by atoms with Crippen molar-refractivity contribution in [3.63, 3.8) is 0 Å². The van der Waals surface area contributed by atoms with E-state index in [1.54, 1.807) is 11.8 Å². The topological polar surface area (TPSA) is 64.9 Å². The van der Waals surface area contributed by atoms with Crippen LogP contribution in [0.4, 0.5) is 0 Å². The molecule has 0 aliphatic rings. The molecule has 0 spiro atoms. The number of aromatic nitrogens is 4. The highest BCUT2D eigenvalue weighted by Crippen LogP contribution is 2.10. The van der Waals surface area contributed by atoms with Crippen molar-refractivity contribution in [1.29, 1.82) is 0 Å². The number of rotatable bonds is 6. The molecule has 1 aromatic heterocycles. The second-order valence-corrected chi connectivity index (χ2v) is 4.00. The molecule has 0 bridgehead atoms. The van der Waals surface area contributed by atoms with Gasteiger partial charge in [-0.3, -0.25) is 0 Å². The number of ether oxygens (including phenoxy) is 1. The van der Waals surface area contributed by atoms with E-state index >= 15 is 0 Å². The highest BCUT2D eigenvalue weighted by molar-refractivity contribution is 4.82. The average Bonchev–Trinajstić information content (AvgIpc) is 2.62. The molecule has 0 amide bonds. The first kappa shape index (κ1) is 12.1. The highest BCUT2D eigenvalue weighted by Gasteiger charge is 2.19. The molecular weight excluding hydrogens is 194 g/mol. The predicted molar refractivity (Wildman–Crippen MR) is 56.3 cm³/mol. The Morgan fingerprint density at radius 1 is 1.47 bits per heavy atom. The van der Waals surface area contributed by atoms with Crippen LogP contribution in [0.25, 0.3) is 0 Å². The highest BCUT2D eigenvalue weighted by atomic mass is 16.5. The Balaban J connectivity index is 2.64. The van der Waals surface area contributed by atoms with E-state index in [2.05, 4.69) is 20.8 Å². The summed E-state index contributed by atoms with van der Waals surface area (Å²) in [6.07, 6.45) is 0. The Kier molecular flexibility index (Phi) is 4.16. The first-order valence-corrected chi connectivity index (χ1v) is 5.10. The molecule has 1 N–H and O–H groups in total. The molecule has 0 saturated carbocycles. The lowest BCUT2D eigenvalue weighted by molar-refractivity contribution is 0.00424. The van der Waals surface area contributed by atoms with Crippen molar-refractivity contribution in [2.45, 2.75) is 39.5 Å². The fraction of sp³-hybridized carbons (Fsp3) is 0.889. The minimum atomic E-state index is -0.254. The van der Waals surface area contributed by atoms with Gasteiger partial charge in [0.25, 0.3) is 0 Å². The van der Waals surface area contributed by atoms with Crippen LogP contribution in [-0.2, 0) is 17.8 Å². The van der Waals surface area contributed by atoms with E-state index < -0.39 is 0 Å². The Bertz CT molecular complexity index is 296. The second-order valence-electron chi connectivity index (χ2n) is 4.00. The maximum Gasteiger partial charge on any atom is 0.165 e. The molecule has 0 aromatic carbocycles. The maximum absolute atomic E-state index is 5.33. The fourth-order valence-electron chi connectivity index (χ4n) is 1.13. The van der Waals surface area contributed by atoms with Crippen LogP contribution in [0.5, 0.6) is 0 Å². The first-order chi connectivity index (χ1) is 7.09. The van der Waals surface area contributed by atoms with Crippen molar-refractivity contribution in [2.24, 2.45) is 0 Å². The molecule has 6 nitrogen and oxygen atoms in total. The van der Waals surface area contributed by atoms with Crippen molar-refractivity contribution < 1.29 is 4.74 Å². The zero-order chi connectivity index (χ0) is 11.3. The van der Waals surface area contributed by atoms with E-state index in [0.717, 1.165) is 12.4 Å². The van der Waals surface area contributed by atoms with E-state index in [9.17, 15) is 0 Å². The smallest absolute Gasteiger partial charge is 0.165 e. The number of tetrazole rings is 1. The van der Waals surface area contributed by atoms with Gasteiger partial charge in [-0.2, -0.15) is 0 Å². The van der Waals surface area contributed by atoms with E-state index in [1.165, 1.54) is 0 Å². The van der Waals surface area contributed by atoms with E-state index in [-0.39, 0.29) is 5.60 Å². The van der Waals surface area contributed by atoms with Gasteiger partial charge < -0.3 is 10.1 Å². The SMILES string of the molecule is CCNCc1nnnn1CC(C)(C)OC. The van der Waals surface area contributed by atoms with Crippen molar-refractivity contribution >= 4 is 0 Å². The van der Waals surface area contributed by atoms with Crippen LogP contribution in [0.3, 0.4) is 0 Å². The fourth-order valence-corrected chi connectivity index (χ4v) is 1.13. The van der Waals surface area contributed by atoms with Gasteiger partial charge in [0.15, 0.2) is 5.82 Å². The number of hydrogen-bond acceptors (Lipinski definition) is 5. The molecule has 15 heavy (non-hydrogen) atoms. The van der Waals surface area contributed by atoms with Gasteiger partial charge >= 0.3 is 0 Å². The third kappa shape index (κ3) is 3.56. The standard InChI is InChI=1S/C9H19N5O/c1-5-10-6-8-11-12-13-14(8)7-9(2,3)15-4/h10H,5-7H2,1-4H3. The lowest BCUT2D eigenvalue weighted by atomic mass is 10.1. The van der Waals surface area contributed by atoms with Crippen molar-refractivity contribution in [2.75, 3.05) is 13.7 Å². The maximum atomic E-state index is 5.33. The minimum absolute atomic E-state index is 0.254. The summed E-state index contributed by atoms with van der Waals surface area (Å²) in [6.45, 7) is 8.30. The summed E-state index contributed by atoms with van der Waals surface area (Å²) in [5, 5.41) is 14.7. The Hall–Kier alpha value is -1.01. The summed E-state index contributed by atoms with van der Waals surface area (Å²) in [4.78, 5) is 0. The third-order valence-corrected chi connectivity index (χ3v) is 2.22. The zero-order valence-corrected chi connectivity index (χ0v) is 9.82.